The minimum atomic E-state index is -2.16. The monoisotopic (exact) mass is 420 g/mol. The lowest BCUT2D eigenvalue weighted by molar-refractivity contribution is -0.192. The van der Waals surface area contributed by atoms with Crippen molar-refractivity contribution in [1.82, 2.24) is 0 Å². The molecule has 2 saturated carbocycles. The molecule has 0 aromatic heterocycles. The Hall–Kier alpha value is -2.15. The van der Waals surface area contributed by atoms with Gasteiger partial charge >= 0.3 is 5.97 Å². The fourth-order valence-electron chi connectivity index (χ4n) is 6.45. The van der Waals surface area contributed by atoms with E-state index in [0.29, 0.717) is 12.0 Å². The van der Waals surface area contributed by atoms with Gasteiger partial charge in [-0.1, -0.05) is 19.1 Å². The van der Waals surface area contributed by atoms with Crippen LogP contribution in [-0.4, -0.2) is 47.2 Å². The number of ether oxygens (including phenoxy) is 1. The van der Waals surface area contributed by atoms with Gasteiger partial charge in [0.15, 0.2) is 23.8 Å². The number of hydrogen-bond donors (Lipinski definition) is 1. The maximum Gasteiger partial charge on any atom is 0.303 e. The Balaban J connectivity index is 1.72. The Morgan fingerprint density at radius 3 is 2.67 bits per heavy atom. The average molecular weight is 420 g/mol. The maximum absolute atomic E-state index is 16.8. The second-order valence-electron chi connectivity index (χ2n) is 9.42. The Morgan fingerprint density at radius 1 is 1.30 bits per heavy atom. The molecule has 0 spiro atoms. The number of rotatable bonds is 3. The van der Waals surface area contributed by atoms with Crippen LogP contribution in [0.1, 0.15) is 40.0 Å². The first kappa shape index (κ1) is 21.1. The highest BCUT2D eigenvalue weighted by Gasteiger charge is 2.71. The molecule has 4 rings (SSSR count). The number of hydrogen-bond acceptors (Lipinski definition) is 5. The molecule has 0 heterocycles. The van der Waals surface area contributed by atoms with Gasteiger partial charge in [0.25, 0.3) is 0 Å². The summed E-state index contributed by atoms with van der Waals surface area (Å²) >= 11 is 0. The lowest BCUT2D eigenvalue weighted by Gasteiger charge is -2.62. The number of alkyl halides is 2. The molecule has 0 aliphatic heterocycles. The van der Waals surface area contributed by atoms with Gasteiger partial charge in [-0.15, -0.1) is 0 Å². The quantitative estimate of drug-likeness (QED) is 0.710. The zero-order chi connectivity index (χ0) is 22.1. The molecule has 7 atom stereocenters. The summed E-state index contributed by atoms with van der Waals surface area (Å²) in [6, 6.07) is 0. The summed E-state index contributed by atoms with van der Waals surface area (Å²) in [4.78, 5) is 35.6. The van der Waals surface area contributed by atoms with Crippen molar-refractivity contribution in [2.75, 3.05) is 6.61 Å². The first-order valence-corrected chi connectivity index (χ1v) is 10.3. The summed E-state index contributed by atoms with van der Waals surface area (Å²) < 4.78 is 36.9. The van der Waals surface area contributed by atoms with Gasteiger partial charge in [0.1, 0.15) is 6.17 Å². The molecule has 0 aromatic rings. The van der Waals surface area contributed by atoms with Crippen LogP contribution in [0.2, 0.25) is 0 Å². The molecular weight excluding hydrogens is 394 g/mol. The molecular formula is C23H26F2O5. The third kappa shape index (κ3) is 2.63. The van der Waals surface area contributed by atoms with E-state index in [0.717, 1.165) is 6.08 Å². The summed E-state index contributed by atoms with van der Waals surface area (Å²) in [5.41, 5.74) is -3.96. The van der Waals surface area contributed by atoms with Crippen molar-refractivity contribution in [3.05, 3.63) is 35.5 Å². The second kappa shape index (κ2) is 6.67. The van der Waals surface area contributed by atoms with Gasteiger partial charge in [0, 0.05) is 29.2 Å². The highest BCUT2D eigenvalue weighted by molar-refractivity contribution is 6.01. The van der Waals surface area contributed by atoms with E-state index in [4.69, 9.17) is 4.74 Å². The molecule has 0 radical (unpaired) electrons. The van der Waals surface area contributed by atoms with E-state index in [9.17, 15) is 19.5 Å². The van der Waals surface area contributed by atoms with Crippen molar-refractivity contribution in [3.8, 4) is 0 Å². The van der Waals surface area contributed by atoms with Crippen LogP contribution in [0.4, 0.5) is 8.78 Å². The molecule has 1 N–H and O–H groups in total. The van der Waals surface area contributed by atoms with Crippen molar-refractivity contribution in [2.24, 2.45) is 22.7 Å². The number of esters is 1. The summed E-state index contributed by atoms with van der Waals surface area (Å²) in [7, 11) is 0. The molecule has 7 heteroatoms. The van der Waals surface area contributed by atoms with Crippen molar-refractivity contribution in [1.29, 1.82) is 0 Å². The van der Waals surface area contributed by atoms with Gasteiger partial charge in [-0.2, -0.15) is 0 Å². The predicted molar refractivity (Wildman–Crippen MR) is 104 cm³/mol. The normalized spacial score (nSPS) is 44.4. The SMILES string of the molecule is CC(=O)OCC(=O)C1=CCC2[C@@H]3C[C@H](F)C4=CC(=O)C=C[C@]4(C)[C@@]3(F)[C@@H](O)C[C@]12C. The molecule has 162 valence electrons. The summed E-state index contributed by atoms with van der Waals surface area (Å²) in [5, 5.41) is 11.1. The third-order valence-electron chi connectivity index (χ3n) is 7.92. The first-order valence-electron chi connectivity index (χ1n) is 10.3. The number of aliphatic hydroxyl groups is 1. The van der Waals surface area contributed by atoms with Crippen LogP contribution < -0.4 is 0 Å². The molecule has 4 aliphatic carbocycles. The Bertz CT molecular complexity index is 921. The number of carbonyl (C=O) groups is 3. The minimum absolute atomic E-state index is 0.01000. The molecule has 0 saturated heterocycles. The fourth-order valence-corrected chi connectivity index (χ4v) is 6.45. The highest BCUT2D eigenvalue weighted by Crippen LogP contribution is 2.68. The van der Waals surface area contributed by atoms with Crippen LogP contribution in [0.3, 0.4) is 0 Å². The Labute approximate surface area is 173 Å². The van der Waals surface area contributed by atoms with Gasteiger partial charge < -0.3 is 9.84 Å². The molecule has 1 unspecified atom stereocenters. The number of allylic oxidation sites excluding steroid dienone is 5. The largest absolute Gasteiger partial charge is 0.457 e. The van der Waals surface area contributed by atoms with Crippen LogP contribution >= 0.6 is 0 Å². The highest BCUT2D eigenvalue weighted by atomic mass is 19.1. The standard InChI is InChI=1S/C23H26F2O5/c1-12(26)30-11-19(28)15-5-4-14-16-9-18(24)17-8-13(27)6-7-22(17,3)23(16,25)20(29)10-21(14,15)2/h5-8,14,16,18,20,29H,4,9-11H2,1-3H3/t14?,16-,18-,20-,21-,22-,23-/m0/s1. The zero-order valence-electron chi connectivity index (χ0n) is 17.3. The van der Waals surface area contributed by atoms with Gasteiger partial charge in [-0.3, -0.25) is 14.4 Å². The van der Waals surface area contributed by atoms with Crippen molar-refractivity contribution in [3.63, 3.8) is 0 Å². The minimum Gasteiger partial charge on any atom is -0.457 e. The van der Waals surface area contributed by atoms with Crippen LogP contribution in [0.5, 0.6) is 0 Å². The number of Topliss-reactive ketones (excluding diaryl/α,β-unsaturated/α-hetero) is 1. The Kier molecular flexibility index (Phi) is 4.69. The molecule has 0 aromatic carbocycles. The Morgan fingerprint density at radius 2 is 2.00 bits per heavy atom. The van der Waals surface area contributed by atoms with Gasteiger partial charge in [-0.05, 0) is 49.8 Å². The number of carbonyl (C=O) groups excluding carboxylic acids is 3. The lowest BCUT2D eigenvalue weighted by atomic mass is 9.45. The average Bonchev–Trinajstić information content (AvgIpc) is 3.00. The first-order chi connectivity index (χ1) is 13.9. The summed E-state index contributed by atoms with van der Waals surface area (Å²) in [6.07, 6.45) is 2.76. The van der Waals surface area contributed by atoms with E-state index >= 15 is 8.78 Å². The van der Waals surface area contributed by atoms with Gasteiger partial charge in [0.2, 0.25) is 0 Å². The molecule has 5 nitrogen and oxygen atoms in total. The van der Waals surface area contributed by atoms with Crippen LogP contribution in [0.25, 0.3) is 0 Å². The van der Waals surface area contributed by atoms with E-state index in [2.05, 4.69) is 0 Å². The van der Waals surface area contributed by atoms with Crippen LogP contribution in [0, 0.1) is 22.7 Å². The van der Waals surface area contributed by atoms with Gasteiger partial charge in [0.05, 0.1) is 6.10 Å². The fraction of sp³-hybridized carbons (Fsp3) is 0.609. The van der Waals surface area contributed by atoms with E-state index in [1.807, 2.05) is 0 Å². The molecule has 0 amide bonds. The molecule has 2 fully saturated rings. The van der Waals surface area contributed by atoms with E-state index in [1.165, 1.54) is 19.1 Å². The molecule has 4 aliphatic rings. The van der Waals surface area contributed by atoms with Crippen LogP contribution in [0.15, 0.2) is 35.5 Å². The van der Waals surface area contributed by atoms with Crippen LogP contribution in [-0.2, 0) is 19.1 Å². The maximum atomic E-state index is 16.8. The van der Waals surface area contributed by atoms with Crippen molar-refractivity contribution in [2.45, 2.75) is 58.0 Å². The number of aliphatic hydroxyl groups excluding tert-OH is 1. The van der Waals surface area contributed by atoms with E-state index in [-0.39, 0.29) is 35.9 Å². The number of fused-ring (bicyclic) bond motifs is 5. The van der Waals surface area contributed by atoms with E-state index in [1.54, 1.807) is 19.9 Å². The summed E-state index contributed by atoms with van der Waals surface area (Å²) in [5.74, 6) is -2.56. The predicted octanol–water partition coefficient (Wildman–Crippen LogP) is 2.97. The molecule has 30 heavy (non-hydrogen) atoms. The van der Waals surface area contributed by atoms with Gasteiger partial charge in [-0.25, -0.2) is 8.78 Å². The third-order valence-corrected chi connectivity index (χ3v) is 7.92. The molecule has 0 bridgehead atoms. The van der Waals surface area contributed by atoms with Crippen molar-refractivity contribution >= 4 is 17.5 Å². The van der Waals surface area contributed by atoms with E-state index < -0.39 is 47.3 Å². The zero-order valence-corrected chi connectivity index (χ0v) is 17.3. The smallest absolute Gasteiger partial charge is 0.303 e. The number of halogens is 2. The lowest BCUT2D eigenvalue weighted by Crippen LogP contribution is -2.68. The van der Waals surface area contributed by atoms with Crippen molar-refractivity contribution < 1.29 is 33.0 Å². The second-order valence-corrected chi connectivity index (χ2v) is 9.42. The topological polar surface area (TPSA) is 80.7 Å². The number of ketones is 2. The summed E-state index contributed by atoms with van der Waals surface area (Å²) in [6.45, 7) is 4.14.